The fraction of sp³-hybridized carbons (Fsp3) is 0.444. The third-order valence-electron chi connectivity index (χ3n) is 1.34. The van der Waals surface area contributed by atoms with E-state index in [9.17, 15) is 4.79 Å². The minimum Gasteiger partial charge on any atom is -0.444 e. The standard InChI is InChI=1S/C9H11BrClN3O2/c1-9(2,3)16-8(15)12-7-5(10)4-6(11)13-14-7/h4H,1-3H3,(H,12,14,15). The van der Waals surface area contributed by atoms with Gasteiger partial charge in [-0.05, 0) is 42.8 Å². The molecule has 1 aromatic heterocycles. The summed E-state index contributed by atoms with van der Waals surface area (Å²) in [7, 11) is 0. The fourth-order valence-corrected chi connectivity index (χ4v) is 1.51. The maximum Gasteiger partial charge on any atom is 0.413 e. The first-order chi connectivity index (χ1) is 7.28. The minimum atomic E-state index is -0.593. The van der Waals surface area contributed by atoms with Gasteiger partial charge in [0.1, 0.15) is 5.60 Å². The number of rotatable bonds is 1. The lowest BCUT2D eigenvalue weighted by atomic mass is 10.2. The third-order valence-corrected chi connectivity index (χ3v) is 2.13. The van der Waals surface area contributed by atoms with Crippen LogP contribution in [-0.4, -0.2) is 21.9 Å². The number of anilines is 1. The monoisotopic (exact) mass is 307 g/mol. The lowest BCUT2D eigenvalue weighted by Crippen LogP contribution is -2.27. The Bertz CT molecular complexity index is 406. The van der Waals surface area contributed by atoms with Crippen LogP contribution in [0.5, 0.6) is 0 Å². The second-order valence-electron chi connectivity index (χ2n) is 3.99. The molecule has 0 atom stereocenters. The number of amides is 1. The molecular formula is C9H11BrClN3O2. The zero-order valence-electron chi connectivity index (χ0n) is 9.04. The zero-order valence-corrected chi connectivity index (χ0v) is 11.4. The molecule has 88 valence electrons. The van der Waals surface area contributed by atoms with Crippen LogP contribution in [0.4, 0.5) is 10.6 Å². The largest absolute Gasteiger partial charge is 0.444 e. The van der Waals surface area contributed by atoms with E-state index in [4.69, 9.17) is 16.3 Å². The molecule has 0 aromatic carbocycles. The second-order valence-corrected chi connectivity index (χ2v) is 5.23. The minimum absolute atomic E-state index is 0.238. The number of halogens is 2. The summed E-state index contributed by atoms with van der Waals surface area (Å²) < 4.78 is 5.60. The van der Waals surface area contributed by atoms with Gasteiger partial charge in [-0.3, -0.25) is 5.32 Å². The van der Waals surface area contributed by atoms with Crippen molar-refractivity contribution in [2.45, 2.75) is 26.4 Å². The van der Waals surface area contributed by atoms with Crippen molar-refractivity contribution < 1.29 is 9.53 Å². The van der Waals surface area contributed by atoms with Crippen LogP contribution >= 0.6 is 27.5 Å². The Labute approximate surface area is 107 Å². The van der Waals surface area contributed by atoms with Crippen molar-refractivity contribution in [3.8, 4) is 0 Å². The van der Waals surface area contributed by atoms with Gasteiger partial charge in [0, 0.05) is 0 Å². The molecule has 16 heavy (non-hydrogen) atoms. The van der Waals surface area contributed by atoms with Gasteiger partial charge in [0.15, 0.2) is 11.0 Å². The molecule has 0 unspecified atom stereocenters. The molecule has 0 aliphatic carbocycles. The Balaban J connectivity index is 2.70. The predicted molar refractivity (Wildman–Crippen MR) is 64.6 cm³/mol. The zero-order chi connectivity index (χ0) is 12.3. The van der Waals surface area contributed by atoms with Crippen molar-refractivity contribution in [1.29, 1.82) is 0 Å². The molecule has 0 aliphatic heterocycles. The van der Waals surface area contributed by atoms with Gasteiger partial charge in [-0.1, -0.05) is 11.6 Å². The fourth-order valence-electron chi connectivity index (χ4n) is 0.832. The van der Waals surface area contributed by atoms with Crippen LogP contribution in [0, 0.1) is 0 Å². The van der Waals surface area contributed by atoms with Crippen molar-refractivity contribution in [2.24, 2.45) is 0 Å². The molecule has 0 radical (unpaired) electrons. The maximum atomic E-state index is 11.4. The Morgan fingerprint density at radius 3 is 2.62 bits per heavy atom. The van der Waals surface area contributed by atoms with E-state index in [2.05, 4.69) is 31.4 Å². The molecule has 0 bridgehead atoms. The summed E-state index contributed by atoms with van der Waals surface area (Å²) in [5, 5.41) is 10.0. The maximum absolute atomic E-state index is 11.4. The first-order valence-corrected chi connectivity index (χ1v) is 5.64. The topological polar surface area (TPSA) is 64.1 Å². The average Bonchev–Trinajstić information content (AvgIpc) is 2.06. The SMILES string of the molecule is CC(C)(C)OC(=O)Nc1nnc(Cl)cc1Br. The summed E-state index contributed by atoms with van der Waals surface area (Å²) in [5.74, 6) is 0.263. The normalized spacial score (nSPS) is 11.1. The van der Waals surface area contributed by atoms with Gasteiger partial charge in [0.25, 0.3) is 0 Å². The highest BCUT2D eigenvalue weighted by atomic mass is 79.9. The number of hydrogen-bond acceptors (Lipinski definition) is 4. The predicted octanol–water partition coefficient (Wildman–Crippen LogP) is 3.24. The van der Waals surface area contributed by atoms with Crippen LogP contribution in [-0.2, 0) is 4.74 Å². The molecule has 0 saturated heterocycles. The highest BCUT2D eigenvalue weighted by Gasteiger charge is 2.17. The number of nitrogens with one attached hydrogen (secondary N) is 1. The first-order valence-electron chi connectivity index (χ1n) is 4.46. The average molecular weight is 309 g/mol. The van der Waals surface area contributed by atoms with E-state index in [0.29, 0.717) is 4.47 Å². The van der Waals surface area contributed by atoms with Crippen molar-refractivity contribution in [3.63, 3.8) is 0 Å². The van der Waals surface area contributed by atoms with Crippen LogP contribution < -0.4 is 5.32 Å². The number of ether oxygens (including phenoxy) is 1. The van der Waals surface area contributed by atoms with E-state index in [-0.39, 0.29) is 11.0 Å². The lowest BCUT2D eigenvalue weighted by molar-refractivity contribution is 0.0635. The van der Waals surface area contributed by atoms with Crippen LogP contribution in [0.25, 0.3) is 0 Å². The summed E-state index contributed by atoms with van der Waals surface area (Å²) in [4.78, 5) is 11.4. The van der Waals surface area contributed by atoms with Crippen LogP contribution in [0.2, 0.25) is 5.15 Å². The van der Waals surface area contributed by atoms with Crippen LogP contribution in [0.1, 0.15) is 20.8 Å². The van der Waals surface area contributed by atoms with E-state index in [1.807, 2.05) is 0 Å². The summed E-state index contributed by atoms with van der Waals surface area (Å²) in [6, 6.07) is 1.53. The summed E-state index contributed by atoms with van der Waals surface area (Å²) in [6.45, 7) is 5.32. The van der Waals surface area contributed by atoms with Gasteiger partial charge in [0.2, 0.25) is 0 Å². The smallest absolute Gasteiger partial charge is 0.413 e. The van der Waals surface area contributed by atoms with Crippen molar-refractivity contribution >= 4 is 39.4 Å². The number of carbonyl (C=O) groups excluding carboxylic acids is 1. The van der Waals surface area contributed by atoms with Gasteiger partial charge in [-0.2, -0.15) is 0 Å². The molecule has 7 heteroatoms. The molecule has 1 N–H and O–H groups in total. The Kier molecular flexibility index (Phi) is 4.09. The molecule has 0 fully saturated rings. The van der Waals surface area contributed by atoms with Gasteiger partial charge in [-0.25, -0.2) is 4.79 Å². The molecule has 0 aliphatic rings. The van der Waals surface area contributed by atoms with Gasteiger partial charge in [-0.15, -0.1) is 10.2 Å². The van der Waals surface area contributed by atoms with E-state index in [1.165, 1.54) is 6.07 Å². The second kappa shape index (κ2) is 4.97. The van der Waals surface area contributed by atoms with Crippen LogP contribution in [0.3, 0.4) is 0 Å². The number of nitrogens with zero attached hydrogens (tertiary/aromatic N) is 2. The quantitative estimate of drug-likeness (QED) is 0.865. The van der Waals surface area contributed by atoms with E-state index in [0.717, 1.165) is 0 Å². The molecule has 5 nitrogen and oxygen atoms in total. The molecule has 0 spiro atoms. The van der Waals surface area contributed by atoms with Crippen molar-refractivity contribution in [3.05, 3.63) is 15.7 Å². The summed E-state index contributed by atoms with van der Waals surface area (Å²) in [6.07, 6.45) is -0.593. The van der Waals surface area contributed by atoms with Crippen molar-refractivity contribution in [1.82, 2.24) is 10.2 Å². The first kappa shape index (κ1) is 13.2. The molecule has 1 heterocycles. The molecule has 1 aromatic rings. The van der Waals surface area contributed by atoms with E-state index >= 15 is 0 Å². The van der Waals surface area contributed by atoms with Crippen molar-refractivity contribution in [2.75, 3.05) is 5.32 Å². The Morgan fingerprint density at radius 1 is 1.50 bits per heavy atom. The molecule has 1 rings (SSSR count). The Morgan fingerprint density at radius 2 is 2.12 bits per heavy atom. The van der Waals surface area contributed by atoms with E-state index in [1.54, 1.807) is 20.8 Å². The lowest BCUT2D eigenvalue weighted by Gasteiger charge is -2.19. The third kappa shape index (κ3) is 4.32. The molecule has 1 amide bonds. The van der Waals surface area contributed by atoms with Gasteiger partial charge < -0.3 is 4.74 Å². The number of aromatic nitrogens is 2. The summed E-state index contributed by atoms with van der Waals surface area (Å²) >= 11 is 8.81. The van der Waals surface area contributed by atoms with Gasteiger partial charge in [0.05, 0.1) is 4.47 Å². The number of hydrogen-bond donors (Lipinski definition) is 1. The van der Waals surface area contributed by atoms with Crippen LogP contribution in [0.15, 0.2) is 10.5 Å². The highest BCUT2D eigenvalue weighted by molar-refractivity contribution is 9.10. The number of carbonyl (C=O) groups is 1. The Hall–Kier alpha value is -0.880. The van der Waals surface area contributed by atoms with Gasteiger partial charge >= 0.3 is 6.09 Å². The van der Waals surface area contributed by atoms with E-state index < -0.39 is 11.7 Å². The molecular weight excluding hydrogens is 297 g/mol. The highest BCUT2D eigenvalue weighted by Crippen LogP contribution is 2.21. The molecule has 0 saturated carbocycles. The summed E-state index contributed by atoms with van der Waals surface area (Å²) in [5.41, 5.74) is -0.559.